The van der Waals surface area contributed by atoms with Crippen molar-refractivity contribution >= 4 is 12.1 Å². The lowest BCUT2D eigenvalue weighted by Gasteiger charge is -2.32. The zero-order valence-corrected chi connectivity index (χ0v) is 8.08. The van der Waals surface area contributed by atoms with Gasteiger partial charge in [0.05, 0.1) is 0 Å². The number of rotatable bonds is 3. The van der Waals surface area contributed by atoms with Crippen LogP contribution in [-0.2, 0) is 9.59 Å². The van der Waals surface area contributed by atoms with Gasteiger partial charge in [-0.05, 0) is 30.6 Å². The molecule has 0 bridgehead atoms. The predicted octanol–water partition coefficient (Wildman–Crippen LogP) is 1.97. The Labute approximate surface area is 78.7 Å². The molecule has 13 heavy (non-hydrogen) atoms. The summed E-state index contributed by atoms with van der Waals surface area (Å²) in [5, 5.41) is 0. The standard InChI is InChI=1S/C11H16O2/c1-11(4-2-6-12)5-3-10(13)8-7-9(8)11/h6,8-9H,2-5,7H2,1H3/t8-,9+,11+/m1/s1. The molecule has 0 aromatic rings. The Balaban J connectivity index is 2.00. The number of fused-ring (bicyclic) bond motifs is 1. The summed E-state index contributed by atoms with van der Waals surface area (Å²) in [6.45, 7) is 2.24. The number of ketones is 1. The van der Waals surface area contributed by atoms with E-state index in [1.807, 2.05) is 0 Å². The molecule has 2 rings (SSSR count). The first-order valence-electron chi connectivity index (χ1n) is 5.14. The summed E-state index contributed by atoms with van der Waals surface area (Å²) >= 11 is 0. The number of Topliss-reactive ketones (excluding diaryl/α,β-unsaturated/α-hetero) is 1. The van der Waals surface area contributed by atoms with Gasteiger partial charge in [-0.15, -0.1) is 0 Å². The molecule has 0 aromatic carbocycles. The van der Waals surface area contributed by atoms with Crippen LogP contribution in [-0.4, -0.2) is 12.1 Å². The van der Waals surface area contributed by atoms with E-state index >= 15 is 0 Å². The smallest absolute Gasteiger partial charge is 0.136 e. The van der Waals surface area contributed by atoms with Gasteiger partial charge in [0.15, 0.2) is 0 Å². The van der Waals surface area contributed by atoms with Crippen LogP contribution in [0.25, 0.3) is 0 Å². The van der Waals surface area contributed by atoms with Crippen LogP contribution in [0.2, 0.25) is 0 Å². The number of hydrogen-bond donors (Lipinski definition) is 0. The van der Waals surface area contributed by atoms with Gasteiger partial charge in [-0.2, -0.15) is 0 Å². The van der Waals surface area contributed by atoms with Gasteiger partial charge < -0.3 is 4.79 Å². The Morgan fingerprint density at radius 1 is 1.62 bits per heavy atom. The highest BCUT2D eigenvalue weighted by Gasteiger charge is 2.55. The van der Waals surface area contributed by atoms with E-state index in [-0.39, 0.29) is 0 Å². The van der Waals surface area contributed by atoms with Crippen LogP contribution in [0.3, 0.4) is 0 Å². The van der Waals surface area contributed by atoms with E-state index in [1.165, 1.54) is 0 Å². The second kappa shape index (κ2) is 2.93. The van der Waals surface area contributed by atoms with Gasteiger partial charge >= 0.3 is 0 Å². The fourth-order valence-electron chi connectivity index (χ4n) is 2.80. The molecule has 2 aliphatic carbocycles. The fraction of sp³-hybridized carbons (Fsp3) is 0.818. The molecular formula is C11H16O2. The third kappa shape index (κ3) is 1.43. The van der Waals surface area contributed by atoms with E-state index < -0.39 is 0 Å². The second-order valence-corrected chi connectivity index (χ2v) is 4.77. The van der Waals surface area contributed by atoms with Crippen molar-refractivity contribution in [3.8, 4) is 0 Å². The maximum absolute atomic E-state index is 11.3. The van der Waals surface area contributed by atoms with Crippen molar-refractivity contribution < 1.29 is 9.59 Å². The van der Waals surface area contributed by atoms with Crippen molar-refractivity contribution in [1.29, 1.82) is 0 Å². The molecule has 0 radical (unpaired) electrons. The van der Waals surface area contributed by atoms with Gasteiger partial charge in [-0.25, -0.2) is 0 Å². The van der Waals surface area contributed by atoms with Gasteiger partial charge in [-0.3, -0.25) is 4.79 Å². The molecule has 0 unspecified atom stereocenters. The van der Waals surface area contributed by atoms with Gasteiger partial charge in [0, 0.05) is 18.8 Å². The topological polar surface area (TPSA) is 34.1 Å². The largest absolute Gasteiger partial charge is 0.303 e. The third-order valence-corrected chi connectivity index (χ3v) is 3.87. The molecule has 2 saturated carbocycles. The minimum atomic E-state index is 0.291. The van der Waals surface area contributed by atoms with Crippen molar-refractivity contribution in [3.05, 3.63) is 0 Å². The number of hydrogen-bond acceptors (Lipinski definition) is 2. The first-order chi connectivity index (χ1) is 6.17. The van der Waals surface area contributed by atoms with E-state index in [0.717, 1.165) is 32.0 Å². The predicted molar refractivity (Wildman–Crippen MR) is 49.2 cm³/mol. The monoisotopic (exact) mass is 180 g/mol. The molecule has 0 aliphatic heterocycles. The average molecular weight is 180 g/mol. The van der Waals surface area contributed by atoms with Crippen LogP contribution >= 0.6 is 0 Å². The van der Waals surface area contributed by atoms with Gasteiger partial charge in [0.25, 0.3) is 0 Å². The van der Waals surface area contributed by atoms with Gasteiger partial charge in [0.2, 0.25) is 0 Å². The molecule has 0 amide bonds. The van der Waals surface area contributed by atoms with Crippen molar-refractivity contribution in [2.75, 3.05) is 0 Å². The minimum absolute atomic E-state index is 0.291. The molecule has 2 fully saturated rings. The molecule has 3 atom stereocenters. The quantitative estimate of drug-likeness (QED) is 0.622. The van der Waals surface area contributed by atoms with Crippen LogP contribution in [0.5, 0.6) is 0 Å². The van der Waals surface area contributed by atoms with E-state index in [4.69, 9.17) is 0 Å². The summed E-state index contributed by atoms with van der Waals surface area (Å²) < 4.78 is 0. The summed E-state index contributed by atoms with van der Waals surface area (Å²) in [7, 11) is 0. The highest BCUT2D eigenvalue weighted by atomic mass is 16.1. The Bertz CT molecular complexity index is 242. The van der Waals surface area contributed by atoms with Gasteiger partial charge in [-0.1, -0.05) is 6.92 Å². The van der Waals surface area contributed by atoms with E-state index in [0.29, 0.717) is 29.5 Å². The van der Waals surface area contributed by atoms with Crippen LogP contribution in [0.1, 0.15) is 39.0 Å². The Hall–Kier alpha value is -0.660. The SMILES string of the molecule is C[C@]1(CCC=O)CCC(=O)[C@@H]2C[C@@H]21. The zero-order chi connectivity index (χ0) is 9.47. The average Bonchev–Trinajstić information content (AvgIpc) is 2.89. The zero-order valence-electron chi connectivity index (χ0n) is 8.08. The summed E-state index contributed by atoms with van der Waals surface area (Å²) in [5.41, 5.74) is 0.291. The maximum Gasteiger partial charge on any atom is 0.136 e. The first-order valence-corrected chi connectivity index (χ1v) is 5.14. The lowest BCUT2D eigenvalue weighted by molar-refractivity contribution is -0.123. The van der Waals surface area contributed by atoms with Crippen LogP contribution in [0, 0.1) is 17.3 Å². The summed E-state index contributed by atoms with van der Waals surface area (Å²) in [5.74, 6) is 1.44. The van der Waals surface area contributed by atoms with Crippen molar-refractivity contribution in [2.45, 2.75) is 39.0 Å². The minimum Gasteiger partial charge on any atom is -0.303 e. The molecule has 0 spiro atoms. The lowest BCUT2D eigenvalue weighted by Crippen LogP contribution is -2.27. The molecule has 72 valence electrons. The number of carbonyl (C=O) groups excluding carboxylic acids is 2. The summed E-state index contributed by atoms with van der Waals surface area (Å²) in [4.78, 5) is 21.6. The fourth-order valence-corrected chi connectivity index (χ4v) is 2.80. The molecule has 2 nitrogen and oxygen atoms in total. The number of carbonyl (C=O) groups is 2. The molecule has 0 saturated heterocycles. The van der Waals surface area contributed by atoms with Crippen molar-refractivity contribution in [2.24, 2.45) is 17.3 Å². The number of aldehydes is 1. The molecule has 0 aromatic heterocycles. The van der Waals surface area contributed by atoms with Crippen molar-refractivity contribution in [1.82, 2.24) is 0 Å². The van der Waals surface area contributed by atoms with E-state index in [1.54, 1.807) is 0 Å². The summed E-state index contributed by atoms with van der Waals surface area (Å²) in [6.07, 6.45) is 5.48. The Morgan fingerprint density at radius 2 is 2.38 bits per heavy atom. The first kappa shape index (κ1) is 8.92. The van der Waals surface area contributed by atoms with Crippen LogP contribution < -0.4 is 0 Å². The lowest BCUT2D eigenvalue weighted by atomic mass is 9.72. The molecule has 2 aliphatic rings. The van der Waals surface area contributed by atoms with Gasteiger partial charge in [0.1, 0.15) is 12.1 Å². The normalized spacial score (nSPS) is 42.7. The van der Waals surface area contributed by atoms with Crippen molar-refractivity contribution in [3.63, 3.8) is 0 Å². The molecular weight excluding hydrogens is 164 g/mol. The maximum atomic E-state index is 11.3. The van der Waals surface area contributed by atoms with E-state index in [9.17, 15) is 9.59 Å². The Morgan fingerprint density at radius 3 is 3.08 bits per heavy atom. The summed E-state index contributed by atoms with van der Waals surface area (Å²) in [6, 6.07) is 0. The molecule has 0 heterocycles. The molecule has 2 heteroatoms. The van der Waals surface area contributed by atoms with Crippen LogP contribution in [0.4, 0.5) is 0 Å². The van der Waals surface area contributed by atoms with Crippen LogP contribution in [0.15, 0.2) is 0 Å². The Kier molecular flexibility index (Phi) is 2.01. The highest BCUT2D eigenvalue weighted by Crippen LogP contribution is 2.59. The highest BCUT2D eigenvalue weighted by molar-refractivity contribution is 5.85. The third-order valence-electron chi connectivity index (χ3n) is 3.87. The molecule has 0 N–H and O–H groups in total. The van der Waals surface area contributed by atoms with E-state index in [2.05, 4.69) is 6.92 Å². The second-order valence-electron chi connectivity index (χ2n) is 4.77.